The lowest BCUT2D eigenvalue weighted by Gasteiger charge is -2.41. The van der Waals surface area contributed by atoms with Crippen LogP contribution in [-0.4, -0.2) is 32.2 Å². The van der Waals surface area contributed by atoms with Crippen LogP contribution in [0, 0.1) is 0 Å². The Morgan fingerprint density at radius 3 is 2.67 bits per heavy atom. The number of fused-ring (bicyclic) bond motifs is 1. The van der Waals surface area contributed by atoms with Crippen molar-refractivity contribution in [2.45, 2.75) is 25.8 Å². The standard InChI is InChI=1S/C18H21N5O/c1-12(2)18-20-14-6-4-5-7-15(14)23(18)13-9-22(10-13)16-8-17(24)21(3)11-19-16/h4-8,11-13H,9-10H2,1-3H3. The van der Waals surface area contributed by atoms with Gasteiger partial charge in [-0.2, -0.15) is 0 Å². The van der Waals surface area contributed by atoms with Gasteiger partial charge in [-0.05, 0) is 12.1 Å². The van der Waals surface area contributed by atoms with Gasteiger partial charge in [-0.3, -0.25) is 4.79 Å². The lowest BCUT2D eigenvalue weighted by atomic mass is 10.1. The maximum absolute atomic E-state index is 11.8. The summed E-state index contributed by atoms with van der Waals surface area (Å²) >= 11 is 0. The predicted molar refractivity (Wildman–Crippen MR) is 94.6 cm³/mol. The van der Waals surface area contributed by atoms with E-state index in [1.54, 1.807) is 19.4 Å². The van der Waals surface area contributed by atoms with E-state index in [2.05, 4.69) is 46.5 Å². The molecule has 124 valence electrons. The highest BCUT2D eigenvalue weighted by Gasteiger charge is 2.32. The number of imidazole rings is 1. The largest absolute Gasteiger partial charge is 0.352 e. The highest BCUT2D eigenvalue weighted by Crippen LogP contribution is 2.32. The maximum Gasteiger partial charge on any atom is 0.255 e. The molecular formula is C18H21N5O. The lowest BCUT2D eigenvalue weighted by molar-refractivity contribution is 0.390. The van der Waals surface area contributed by atoms with Crippen LogP contribution in [0.25, 0.3) is 11.0 Å². The van der Waals surface area contributed by atoms with Crippen LogP contribution >= 0.6 is 0 Å². The molecular weight excluding hydrogens is 302 g/mol. The summed E-state index contributed by atoms with van der Waals surface area (Å²) in [5.74, 6) is 2.25. The van der Waals surface area contributed by atoms with Crippen LogP contribution < -0.4 is 10.5 Å². The van der Waals surface area contributed by atoms with Crippen molar-refractivity contribution in [3.8, 4) is 0 Å². The average molecular weight is 323 g/mol. The van der Waals surface area contributed by atoms with Crippen molar-refractivity contribution in [2.24, 2.45) is 7.05 Å². The fourth-order valence-corrected chi connectivity index (χ4v) is 3.28. The minimum absolute atomic E-state index is 0.0283. The second-order valence-corrected chi connectivity index (χ2v) is 6.74. The first kappa shape index (κ1) is 14.9. The smallest absolute Gasteiger partial charge is 0.255 e. The Morgan fingerprint density at radius 1 is 1.21 bits per heavy atom. The van der Waals surface area contributed by atoms with Gasteiger partial charge in [0.2, 0.25) is 0 Å². The average Bonchev–Trinajstić information content (AvgIpc) is 2.89. The van der Waals surface area contributed by atoms with Crippen molar-refractivity contribution >= 4 is 16.9 Å². The summed E-state index contributed by atoms with van der Waals surface area (Å²) < 4.78 is 3.85. The summed E-state index contributed by atoms with van der Waals surface area (Å²) in [6, 6.07) is 10.3. The molecule has 0 spiro atoms. The first-order valence-electron chi connectivity index (χ1n) is 8.29. The summed E-state index contributed by atoms with van der Waals surface area (Å²) in [6.45, 7) is 6.05. The molecule has 0 amide bonds. The zero-order valence-corrected chi connectivity index (χ0v) is 14.2. The molecule has 3 heterocycles. The second-order valence-electron chi connectivity index (χ2n) is 6.74. The molecule has 24 heavy (non-hydrogen) atoms. The molecule has 1 aliphatic rings. The van der Waals surface area contributed by atoms with Gasteiger partial charge in [0, 0.05) is 32.1 Å². The van der Waals surface area contributed by atoms with E-state index in [0.29, 0.717) is 12.0 Å². The number of hydrogen-bond acceptors (Lipinski definition) is 4. The zero-order chi connectivity index (χ0) is 16.8. The quantitative estimate of drug-likeness (QED) is 0.742. The molecule has 0 unspecified atom stereocenters. The van der Waals surface area contributed by atoms with Crippen LogP contribution in [0.15, 0.2) is 41.5 Å². The number of nitrogens with zero attached hydrogens (tertiary/aromatic N) is 5. The molecule has 3 aromatic rings. The highest BCUT2D eigenvalue weighted by atomic mass is 16.1. The third-order valence-electron chi connectivity index (χ3n) is 4.65. The Morgan fingerprint density at radius 2 is 1.96 bits per heavy atom. The zero-order valence-electron chi connectivity index (χ0n) is 14.2. The van der Waals surface area contributed by atoms with Crippen LogP contribution in [-0.2, 0) is 7.05 Å². The predicted octanol–water partition coefficient (Wildman–Crippen LogP) is 2.31. The van der Waals surface area contributed by atoms with Crippen LogP contribution in [0.2, 0.25) is 0 Å². The monoisotopic (exact) mass is 323 g/mol. The van der Waals surface area contributed by atoms with Crippen LogP contribution in [0.3, 0.4) is 0 Å². The van der Waals surface area contributed by atoms with Crippen molar-refractivity contribution < 1.29 is 0 Å². The van der Waals surface area contributed by atoms with E-state index >= 15 is 0 Å². The fourth-order valence-electron chi connectivity index (χ4n) is 3.28. The van der Waals surface area contributed by atoms with Gasteiger partial charge in [-0.25, -0.2) is 9.97 Å². The molecule has 1 aromatic carbocycles. The van der Waals surface area contributed by atoms with Gasteiger partial charge < -0.3 is 14.0 Å². The van der Waals surface area contributed by atoms with E-state index in [1.807, 2.05) is 6.07 Å². The molecule has 1 aliphatic heterocycles. The molecule has 2 aromatic heterocycles. The molecule has 6 nitrogen and oxygen atoms in total. The van der Waals surface area contributed by atoms with Crippen LogP contribution in [0.5, 0.6) is 0 Å². The SMILES string of the molecule is CC(C)c1nc2ccccc2n1C1CN(c2cc(=O)n(C)cn2)C1. The first-order valence-corrected chi connectivity index (χ1v) is 8.29. The Bertz CT molecular complexity index is 949. The molecule has 0 saturated carbocycles. The normalized spacial score (nSPS) is 15.2. The van der Waals surface area contributed by atoms with Crippen molar-refractivity contribution in [3.63, 3.8) is 0 Å². The van der Waals surface area contributed by atoms with Crippen molar-refractivity contribution in [1.29, 1.82) is 0 Å². The molecule has 1 fully saturated rings. The molecule has 0 atom stereocenters. The molecule has 4 rings (SSSR count). The van der Waals surface area contributed by atoms with E-state index in [4.69, 9.17) is 4.98 Å². The minimum atomic E-state index is -0.0283. The third kappa shape index (κ3) is 2.29. The van der Waals surface area contributed by atoms with E-state index in [1.165, 1.54) is 10.1 Å². The van der Waals surface area contributed by atoms with E-state index in [9.17, 15) is 4.79 Å². The summed E-state index contributed by atoms with van der Waals surface area (Å²) in [5, 5.41) is 0. The topological polar surface area (TPSA) is 56.0 Å². The van der Waals surface area contributed by atoms with Gasteiger partial charge in [-0.1, -0.05) is 26.0 Å². The van der Waals surface area contributed by atoms with Crippen molar-refractivity contribution in [1.82, 2.24) is 19.1 Å². The fraction of sp³-hybridized carbons (Fsp3) is 0.389. The molecule has 0 N–H and O–H groups in total. The van der Waals surface area contributed by atoms with Gasteiger partial charge in [0.1, 0.15) is 11.6 Å². The van der Waals surface area contributed by atoms with Gasteiger partial charge in [-0.15, -0.1) is 0 Å². The number of aryl methyl sites for hydroxylation is 1. The molecule has 0 aliphatic carbocycles. The summed E-state index contributed by atoms with van der Waals surface area (Å²) in [4.78, 5) is 23.1. The minimum Gasteiger partial charge on any atom is -0.352 e. The number of aromatic nitrogens is 4. The van der Waals surface area contributed by atoms with Gasteiger partial charge >= 0.3 is 0 Å². The van der Waals surface area contributed by atoms with Gasteiger partial charge in [0.25, 0.3) is 5.56 Å². The molecule has 0 bridgehead atoms. The van der Waals surface area contributed by atoms with E-state index in [-0.39, 0.29) is 5.56 Å². The third-order valence-corrected chi connectivity index (χ3v) is 4.65. The van der Waals surface area contributed by atoms with Crippen LogP contribution in [0.1, 0.15) is 31.6 Å². The number of anilines is 1. The Kier molecular flexibility index (Phi) is 3.40. The number of rotatable bonds is 3. The molecule has 0 radical (unpaired) electrons. The number of para-hydroxylation sites is 2. The maximum atomic E-state index is 11.8. The first-order chi connectivity index (χ1) is 11.5. The Labute approximate surface area is 140 Å². The van der Waals surface area contributed by atoms with Crippen molar-refractivity contribution in [2.75, 3.05) is 18.0 Å². The summed E-state index contributed by atoms with van der Waals surface area (Å²) in [6.07, 6.45) is 1.58. The number of hydrogen-bond donors (Lipinski definition) is 0. The Hall–Kier alpha value is -2.63. The Balaban J connectivity index is 1.65. The van der Waals surface area contributed by atoms with Crippen molar-refractivity contribution in [3.05, 3.63) is 52.8 Å². The molecule has 6 heteroatoms. The number of benzene rings is 1. The van der Waals surface area contributed by atoms with Crippen LogP contribution in [0.4, 0.5) is 5.82 Å². The van der Waals surface area contributed by atoms with E-state index < -0.39 is 0 Å². The van der Waals surface area contributed by atoms with Gasteiger partial charge in [0.05, 0.1) is 23.4 Å². The van der Waals surface area contributed by atoms with Gasteiger partial charge in [0.15, 0.2) is 0 Å². The molecule has 1 saturated heterocycles. The summed E-state index contributed by atoms with van der Waals surface area (Å²) in [5.41, 5.74) is 2.20. The second kappa shape index (κ2) is 5.47. The van der Waals surface area contributed by atoms with E-state index in [0.717, 1.165) is 30.2 Å². The summed E-state index contributed by atoms with van der Waals surface area (Å²) in [7, 11) is 1.71. The highest BCUT2D eigenvalue weighted by molar-refractivity contribution is 5.76. The lowest BCUT2D eigenvalue weighted by Crippen LogP contribution is -2.49.